The van der Waals surface area contributed by atoms with Crippen molar-refractivity contribution >= 4 is 17.5 Å². The van der Waals surface area contributed by atoms with Crippen molar-refractivity contribution in [1.82, 2.24) is 0 Å². The van der Waals surface area contributed by atoms with E-state index in [1.165, 1.54) is 12.5 Å². The summed E-state index contributed by atoms with van der Waals surface area (Å²) in [4.78, 5) is 36.0. The van der Waals surface area contributed by atoms with Gasteiger partial charge in [0, 0.05) is 18.8 Å². The summed E-state index contributed by atoms with van der Waals surface area (Å²) in [5, 5.41) is 23.4. The number of esters is 1. The van der Waals surface area contributed by atoms with Crippen molar-refractivity contribution in [2.45, 2.75) is 83.3 Å². The summed E-state index contributed by atoms with van der Waals surface area (Å²) in [5.74, 6) is -0.667. The molecule has 0 amide bonds. The first-order valence-corrected chi connectivity index (χ1v) is 10.8. The Morgan fingerprint density at radius 1 is 1.07 bits per heavy atom. The molecule has 0 aromatic rings. The molecule has 0 bridgehead atoms. The molecule has 6 atom stereocenters. The molecule has 4 rings (SSSR count). The number of allylic oxidation sites excluding steroid dienone is 1. The minimum absolute atomic E-state index is 0.0212. The van der Waals surface area contributed by atoms with Crippen LogP contribution in [-0.2, 0) is 19.1 Å². The zero-order valence-corrected chi connectivity index (χ0v) is 17.6. The van der Waals surface area contributed by atoms with Gasteiger partial charge in [0.25, 0.3) is 0 Å². The number of hydrogen-bond acceptors (Lipinski definition) is 6. The number of carbonyl (C=O) groups is 3. The van der Waals surface area contributed by atoms with Crippen LogP contribution in [0.5, 0.6) is 0 Å². The molecule has 0 spiro atoms. The van der Waals surface area contributed by atoms with Crippen molar-refractivity contribution < 1.29 is 29.3 Å². The highest BCUT2D eigenvalue weighted by atomic mass is 16.5. The van der Waals surface area contributed by atoms with Gasteiger partial charge in [-0.15, -0.1) is 0 Å². The number of fused-ring (bicyclic) bond motifs is 5. The molecule has 3 fully saturated rings. The highest BCUT2D eigenvalue weighted by Crippen LogP contribution is 2.69. The SMILES string of the molecule is CC(=O)OCC(=O)[C@]1(O)CC[C@]2(O)[C@H]3CCC4=CC(=O)CC[C@]4(C)[C@@H]3CC[C@@]12C. The molecule has 0 aliphatic heterocycles. The van der Waals surface area contributed by atoms with Crippen LogP contribution in [0.25, 0.3) is 0 Å². The van der Waals surface area contributed by atoms with Gasteiger partial charge >= 0.3 is 5.97 Å². The minimum atomic E-state index is -1.69. The quantitative estimate of drug-likeness (QED) is 0.701. The molecular weight excluding hydrogens is 372 g/mol. The maximum atomic E-state index is 12.9. The van der Waals surface area contributed by atoms with E-state index in [0.29, 0.717) is 19.3 Å². The zero-order valence-electron chi connectivity index (χ0n) is 17.6. The molecule has 160 valence electrons. The number of ketones is 2. The molecule has 0 radical (unpaired) electrons. The van der Waals surface area contributed by atoms with E-state index in [4.69, 9.17) is 4.74 Å². The third kappa shape index (κ3) is 2.64. The Morgan fingerprint density at radius 2 is 1.79 bits per heavy atom. The lowest BCUT2D eigenvalue weighted by Gasteiger charge is -2.62. The standard InChI is InChI=1S/C23H32O6/c1-14(24)29-13-19(26)23(28)11-10-22(27)18-5-4-15-12-16(25)6-8-20(15,2)17(18)7-9-21(22,23)3/h12,17-18,27-28H,4-11,13H2,1-3H3/t17-,18+,20+,21-,22+,23-/m1/s1. The Morgan fingerprint density at radius 3 is 2.48 bits per heavy atom. The van der Waals surface area contributed by atoms with Crippen LogP contribution in [0.2, 0.25) is 0 Å². The third-order valence-corrected chi connectivity index (χ3v) is 9.16. The van der Waals surface area contributed by atoms with Gasteiger partial charge in [-0.1, -0.05) is 19.4 Å². The van der Waals surface area contributed by atoms with Crippen molar-refractivity contribution in [3.8, 4) is 0 Å². The van der Waals surface area contributed by atoms with Crippen molar-refractivity contribution in [2.75, 3.05) is 6.61 Å². The maximum Gasteiger partial charge on any atom is 0.303 e. The molecule has 0 heterocycles. The van der Waals surface area contributed by atoms with Crippen molar-refractivity contribution in [1.29, 1.82) is 0 Å². The van der Waals surface area contributed by atoms with Crippen molar-refractivity contribution in [2.24, 2.45) is 22.7 Å². The van der Waals surface area contributed by atoms with Gasteiger partial charge < -0.3 is 14.9 Å². The first kappa shape index (κ1) is 20.7. The molecule has 0 unspecified atom stereocenters. The van der Waals surface area contributed by atoms with Crippen LogP contribution in [0.3, 0.4) is 0 Å². The summed E-state index contributed by atoms with van der Waals surface area (Å²) in [7, 11) is 0. The van der Waals surface area contributed by atoms with Crippen LogP contribution >= 0.6 is 0 Å². The van der Waals surface area contributed by atoms with Gasteiger partial charge in [-0.2, -0.15) is 0 Å². The molecule has 6 nitrogen and oxygen atoms in total. The number of Topliss-reactive ketones (excluding diaryl/α,β-unsaturated/α-hetero) is 1. The molecule has 6 heteroatoms. The van der Waals surface area contributed by atoms with E-state index >= 15 is 0 Å². The average Bonchev–Trinajstić information content (AvgIpc) is 2.89. The fraction of sp³-hybridized carbons (Fsp3) is 0.783. The smallest absolute Gasteiger partial charge is 0.303 e. The van der Waals surface area contributed by atoms with Crippen molar-refractivity contribution in [3.63, 3.8) is 0 Å². The largest absolute Gasteiger partial charge is 0.458 e. The van der Waals surface area contributed by atoms with Gasteiger partial charge in [0.15, 0.2) is 12.4 Å². The van der Waals surface area contributed by atoms with Crippen LogP contribution in [0.15, 0.2) is 11.6 Å². The number of carbonyl (C=O) groups excluding carboxylic acids is 3. The first-order chi connectivity index (χ1) is 13.5. The molecule has 0 saturated heterocycles. The Kier molecular flexibility index (Phi) is 4.63. The van der Waals surface area contributed by atoms with Gasteiger partial charge in [-0.25, -0.2) is 0 Å². The molecule has 0 aromatic heterocycles. The Labute approximate surface area is 171 Å². The van der Waals surface area contributed by atoms with Crippen LogP contribution in [0.1, 0.15) is 72.1 Å². The van der Waals surface area contributed by atoms with Crippen LogP contribution in [0, 0.1) is 22.7 Å². The second kappa shape index (κ2) is 6.48. The number of ether oxygens (including phenoxy) is 1. The summed E-state index contributed by atoms with van der Waals surface area (Å²) in [5.41, 5.74) is -2.70. The Bertz CT molecular complexity index is 801. The Balaban J connectivity index is 1.66. The van der Waals surface area contributed by atoms with E-state index in [1.807, 2.05) is 13.0 Å². The monoisotopic (exact) mass is 404 g/mol. The van der Waals surface area contributed by atoms with Crippen LogP contribution in [-0.4, -0.2) is 45.6 Å². The predicted molar refractivity (Wildman–Crippen MR) is 105 cm³/mol. The van der Waals surface area contributed by atoms with E-state index in [0.717, 1.165) is 25.7 Å². The fourth-order valence-electron chi connectivity index (χ4n) is 7.28. The highest BCUT2D eigenvalue weighted by Gasteiger charge is 2.73. The minimum Gasteiger partial charge on any atom is -0.458 e. The van der Waals surface area contributed by atoms with Gasteiger partial charge in [0.1, 0.15) is 5.60 Å². The molecule has 4 aliphatic carbocycles. The number of rotatable bonds is 3. The highest BCUT2D eigenvalue weighted by molar-refractivity contribution is 5.92. The van der Waals surface area contributed by atoms with Gasteiger partial charge in [-0.3, -0.25) is 14.4 Å². The van der Waals surface area contributed by atoms with E-state index < -0.39 is 35.0 Å². The molecule has 0 aromatic carbocycles. The van der Waals surface area contributed by atoms with Gasteiger partial charge in [-0.05, 0) is 68.3 Å². The van der Waals surface area contributed by atoms with Crippen LogP contribution < -0.4 is 0 Å². The van der Waals surface area contributed by atoms with Gasteiger partial charge in [0.2, 0.25) is 5.78 Å². The Hall–Kier alpha value is -1.53. The van der Waals surface area contributed by atoms with Crippen LogP contribution in [0.4, 0.5) is 0 Å². The summed E-state index contributed by atoms with van der Waals surface area (Å²) in [6.07, 6.45) is 6.60. The molecule has 4 aliphatic rings. The summed E-state index contributed by atoms with van der Waals surface area (Å²) in [6.45, 7) is 4.83. The third-order valence-electron chi connectivity index (χ3n) is 9.16. The van der Waals surface area contributed by atoms with E-state index in [2.05, 4.69) is 6.92 Å². The van der Waals surface area contributed by atoms with Crippen molar-refractivity contribution in [3.05, 3.63) is 11.6 Å². The van der Waals surface area contributed by atoms with E-state index in [9.17, 15) is 24.6 Å². The predicted octanol–water partition coefficient (Wildman–Crippen LogP) is 2.50. The first-order valence-electron chi connectivity index (χ1n) is 10.8. The topological polar surface area (TPSA) is 101 Å². The average molecular weight is 405 g/mol. The fourth-order valence-corrected chi connectivity index (χ4v) is 7.28. The summed E-state index contributed by atoms with van der Waals surface area (Å²) >= 11 is 0. The lowest BCUT2D eigenvalue weighted by Crippen LogP contribution is -2.66. The lowest BCUT2D eigenvalue weighted by molar-refractivity contribution is -0.218. The number of hydrogen-bond donors (Lipinski definition) is 2. The van der Waals surface area contributed by atoms with E-state index in [-0.39, 0.29) is 29.5 Å². The van der Waals surface area contributed by atoms with Gasteiger partial charge in [0.05, 0.1) is 5.60 Å². The summed E-state index contributed by atoms with van der Waals surface area (Å²) in [6, 6.07) is 0. The lowest BCUT2D eigenvalue weighted by atomic mass is 9.44. The summed E-state index contributed by atoms with van der Waals surface area (Å²) < 4.78 is 4.87. The molecule has 29 heavy (non-hydrogen) atoms. The zero-order chi connectivity index (χ0) is 21.2. The normalized spacial score (nSPS) is 46.2. The second-order valence-electron chi connectivity index (χ2n) is 10.2. The molecule has 2 N–H and O–H groups in total. The number of aliphatic hydroxyl groups is 2. The molecule has 3 saturated carbocycles. The van der Waals surface area contributed by atoms with E-state index in [1.54, 1.807) is 0 Å². The second-order valence-corrected chi connectivity index (χ2v) is 10.2. The maximum absolute atomic E-state index is 12.9. The molecular formula is C23H32O6.